The molecule has 146 valence electrons. The van der Waals surface area contributed by atoms with Crippen LogP contribution in [0.15, 0.2) is 18.2 Å². The number of benzene rings is 1. The van der Waals surface area contributed by atoms with Crippen molar-refractivity contribution in [2.75, 3.05) is 25.5 Å². The third-order valence-electron chi connectivity index (χ3n) is 4.08. The summed E-state index contributed by atoms with van der Waals surface area (Å²) < 4.78 is 0. The number of rotatable bonds is 7. The van der Waals surface area contributed by atoms with Crippen LogP contribution in [0.2, 0.25) is 0 Å². The van der Waals surface area contributed by atoms with E-state index in [0.29, 0.717) is 11.8 Å². The Morgan fingerprint density at radius 2 is 1.42 bits per heavy atom. The number of para-hydroxylation sites is 1. The van der Waals surface area contributed by atoms with Gasteiger partial charge in [-0.25, -0.2) is 0 Å². The Morgan fingerprint density at radius 1 is 0.962 bits per heavy atom. The van der Waals surface area contributed by atoms with Crippen molar-refractivity contribution >= 4 is 17.5 Å². The van der Waals surface area contributed by atoms with Gasteiger partial charge in [-0.15, -0.1) is 0 Å². The molecule has 2 amide bonds. The van der Waals surface area contributed by atoms with E-state index in [1.54, 1.807) is 0 Å². The summed E-state index contributed by atoms with van der Waals surface area (Å²) in [7, 11) is 1.86. The average Bonchev–Trinajstić information content (AvgIpc) is 2.43. The van der Waals surface area contributed by atoms with Crippen molar-refractivity contribution in [2.24, 2.45) is 0 Å². The fourth-order valence-corrected chi connectivity index (χ4v) is 2.95. The quantitative estimate of drug-likeness (QED) is 0.697. The highest BCUT2D eigenvalue weighted by molar-refractivity contribution is 5.93. The molecule has 1 aromatic rings. The van der Waals surface area contributed by atoms with Gasteiger partial charge in [-0.2, -0.15) is 0 Å². The number of likely N-dealkylation sites (N-methyl/N-ethyl adjacent to an activating group) is 1. The van der Waals surface area contributed by atoms with Gasteiger partial charge in [0.2, 0.25) is 0 Å². The number of carbonyl (C=O) groups excluding carboxylic acids is 2. The minimum atomic E-state index is -0.262. The lowest BCUT2D eigenvalue weighted by Crippen LogP contribution is -3.11. The smallest absolute Gasteiger partial charge is 0.279 e. The van der Waals surface area contributed by atoms with Crippen molar-refractivity contribution in [3.63, 3.8) is 0 Å². The predicted octanol–water partition coefficient (Wildman–Crippen LogP) is 2.30. The van der Waals surface area contributed by atoms with E-state index in [1.807, 2.05) is 27.8 Å². The molecule has 0 aliphatic rings. The number of carbonyl (C=O) groups is 2. The maximum Gasteiger partial charge on any atom is 0.279 e. The van der Waals surface area contributed by atoms with Crippen LogP contribution >= 0.6 is 0 Å². The minimum Gasteiger partial charge on any atom is -0.347 e. The highest BCUT2D eigenvalue weighted by Gasteiger charge is 2.21. The Morgan fingerprint density at radius 3 is 1.85 bits per heavy atom. The molecule has 1 aromatic carbocycles. The molecule has 0 spiro atoms. The first-order chi connectivity index (χ1) is 11.9. The molecule has 0 aliphatic heterocycles. The van der Waals surface area contributed by atoms with Crippen LogP contribution in [0.4, 0.5) is 5.69 Å². The van der Waals surface area contributed by atoms with Crippen LogP contribution in [0, 0.1) is 0 Å². The van der Waals surface area contributed by atoms with Crippen LogP contribution < -0.4 is 15.5 Å². The number of hydrogen-bond donors (Lipinski definition) is 3. The first kappa shape index (κ1) is 22.2. The fourth-order valence-electron chi connectivity index (χ4n) is 2.95. The first-order valence-electron chi connectivity index (χ1n) is 9.45. The summed E-state index contributed by atoms with van der Waals surface area (Å²) in [6.45, 7) is 14.9. The average molecular weight is 363 g/mol. The van der Waals surface area contributed by atoms with Gasteiger partial charge in [0, 0.05) is 11.2 Å². The molecule has 0 fully saturated rings. The molecule has 0 saturated heterocycles. The van der Waals surface area contributed by atoms with E-state index >= 15 is 0 Å². The van der Waals surface area contributed by atoms with Gasteiger partial charge in [-0.05, 0) is 43.7 Å². The standard InChI is InChI=1S/C21H35N3O2/c1-14(2)16-10-9-11-17(15(3)4)20(16)22-18(25)12-24(8)13-19(26)23-21(5,6)7/h9-11,14-15H,12-13H2,1-8H3,(H,22,25)(H,23,26)/p+1. The molecular formula is C21H36N3O2+. The van der Waals surface area contributed by atoms with Crippen LogP contribution in [0.1, 0.15) is 71.4 Å². The van der Waals surface area contributed by atoms with Gasteiger partial charge in [0.25, 0.3) is 11.8 Å². The van der Waals surface area contributed by atoms with Crippen molar-refractivity contribution in [1.82, 2.24) is 5.32 Å². The summed E-state index contributed by atoms with van der Waals surface area (Å²) in [6, 6.07) is 6.19. The zero-order valence-electron chi connectivity index (χ0n) is 17.6. The number of anilines is 1. The Kier molecular flexibility index (Phi) is 7.82. The van der Waals surface area contributed by atoms with E-state index in [9.17, 15) is 9.59 Å². The molecule has 1 rings (SSSR count). The summed E-state index contributed by atoms with van der Waals surface area (Å²) in [4.78, 5) is 25.5. The first-order valence-corrected chi connectivity index (χ1v) is 9.45. The van der Waals surface area contributed by atoms with Gasteiger partial charge in [-0.1, -0.05) is 45.9 Å². The lowest BCUT2D eigenvalue weighted by atomic mass is 9.92. The van der Waals surface area contributed by atoms with E-state index in [1.165, 1.54) is 0 Å². The largest absolute Gasteiger partial charge is 0.347 e. The van der Waals surface area contributed by atoms with Gasteiger partial charge in [0.1, 0.15) is 0 Å². The Balaban J connectivity index is 2.80. The summed E-state index contributed by atoms with van der Waals surface area (Å²) in [5, 5.41) is 6.03. The molecule has 0 aliphatic carbocycles. The second kappa shape index (κ2) is 9.17. The Hall–Kier alpha value is -1.88. The van der Waals surface area contributed by atoms with E-state index in [4.69, 9.17) is 0 Å². The maximum atomic E-state index is 12.6. The van der Waals surface area contributed by atoms with Gasteiger partial charge in [0.05, 0.1) is 7.05 Å². The molecule has 0 saturated carbocycles. The second-order valence-electron chi connectivity index (χ2n) is 8.78. The van der Waals surface area contributed by atoms with Crippen LogP contribution in [0.25, 0.3) is 0 Å². The monoisotopic (exact) mass is 362 g/mol. The number of quaternary nitrogens is 1. The fraction of sp³-hybridized carbons (Fsp3) is 0.619. The lowest BCUT2D eigenvalue weighted by molar-refractivity contribution is -0.862. The van der Waals surface area contributed by atoms with Crippen molar-refractivity contribution in [2.45, 2.75) is 65.8 Å². The summed E-state index contributed by atoms with van der Waals surface area (Å²) in [6.07, 6.45) is 0. The third kappa shape index (κ3) is 7.16. The Bertz CT molecular complexity index is 604. The number of nitrogens with one attached hydrogen (secondary N) is 3. The number of hydrogen-bond acceptors (Lipinski definition) is 2. The molecule has 0 heterocycles. The molecule has 5 nitrogen and oxygen atoms in total. The molecule has 1 atom stereocenters. The molecule has 3 N–H and O–H groups in total. The van der Waals surface area contributed by atoms with Crippen molar-refractivity contribution in [3.8, 4) is 0 Å². The summed E-state index contributed by atoms with van der Waals surface area (Å²) >= 11 is 0. The van der Waals surface area contributed by atoms with Crippen molar-refractivity contribution in [3.05, 3.63) is 29.3 Å². The van der Waals surface area contributed by atoms with Crippen LogP contribution in [-0.2, 0) is 9.59 Å². The molecular weight excluding hydrogens is 326 g/mol. The van der Waals surface area contributed by atoms with Crippen molar-refractivity contribution < 1.29 is 14.5 Å². The van der Waals surface area contributed by atoms with Gasteiger partial charge in [-0.3, -0.25) is 9.59 Å². The molecule has 1 unspecified atom stereocenters. The highest BCUT2D eigenvalue weighted by Crippen LogP contribution is 2.32. The summed E-state index contributed by atoms with van der Waals surface area (Å²) in [5.41, 5.74) is 2.96. The molecule has 26 heavy (non-hydrogen) atoms. The molecule has 0 bridgehead atoms. The zero-order valence-corrected chi connectivity index (χ0v) is 17.6. The number of amides is 2. The molecule has 5 heteroatoms. The second-order valence-corrected chi connectivity index (χ2v) is 8.78. The van der Waals surface area contributed by atoms with E-state index in [0.717, 1.165) is 21.7 Å². The maximum absolute atomic E-state index is 12.6. The van der Waals surface area contributed by atoms with Gasteiger partial charge < -0.3 is 15.5 Å². The topological polar surface area (TPSA) is 62.6 Å². The van der Waals surface area contributed by atoms with Crippen LogP contribution in [-0.4, -0.2) is 37.5 Å². The van der Waals surface area contributed by atoms with Gasteiger partial charge >= 0.3 is 0 Å². The lowest BCUT2D eigenvalue weighted by Gasteiger charge is -2.23. The normalized spacial score (nSPS) is 13.0. The van der Waals surface area contributed by atoms with Crippen LogP contribution in [0.3, 0.4) is 0 Å². The zero-order chi connectivity index (χ0) is 20.1. The van der Waals surface area contributed by atoms with E-state index in [2.05, 4.69) is 56.5 Å². The van der Waals surface area contributed by atoms with E-state index in [-0.39, 0.29) is 30.4 Å². The van der Waals surface area contributed by atoms with E-state index < -0.39 is 0 Å². The third-order valence-corrected chi connectivity index (χ3v) is 4.08. The predicted molar refractivity (Wildman–Crippen MR) is 108 cm³/mol. The van der Waals surface area contributed by atoms with Crippen LogP contribution in [0.5, 0.6) is 0 Å². The SMILES string of the molecule is CC(C)c1cccc(C(C)C)c1NC(=O)C[NH+](C)CC(=O)NC(C)(C)C. The Labute approximate surface area is 158 Å². The van der Waals surface area contributed by atoms with Crippen molar-refractivity contribution in [1.29, 1.82) is 0 Å². The van der Waals surface area contributed by atoms with Gasteiger partial charge in [0.15, 0.2) is 13.1 Å². The minimum absolute atomic E-state index is 0.0479. The molecule has 0 radical (unpaired) electrons. The molecule has 0 aromatic heterocycles. The highest BCUT2D eigenvalue weighted by atomic mass is 16.2. The summed E-state index contributed by atoms with van der Waals surface area (Å²) in [5.74, 6) is 0.535.